The second kappa shape index (κ2) is 5.80. The molecule has 0 saturated heterocycles. The summed E-state index contributed by atoms with van der Waals surface area (Å²) >= 11 is 0. The van der Waals surface area contributed by atoms with Crippen molar-refractivity contribution in [1.29, 1.82) is 5.26 Å². The molecule has 92 valence electrons. The fourth-order valence-corrected chi connectivity index (χ4v) is 2.26. The quantitative estimate of drug-likeness (QED) is 0.865. The molecule has 1 N–H and O–H groups in total. The van der Waals surface area contributed by atoms with Gasteiger partial charge < -0.3 is 5.32 Å². The number of sulfone groups is 1. The van der Waals surface area contributed by atoms with Crippen LogP contribution in [0.5, 0.6) is 0 Å². The normalized spacial score (nSPS) is 13.0. The average Bonchev–Trinajstić information content (AvgIpc) is 2.29. The maximum absolute atomic E-state index is 11.3. The molecule has 0 bridgehead atoms. The van der Waals surface area contributed by atoms with Gasteiger partial charge in [0.05, 0.1) is 11.0 Å². The van der Waals surface area contributed by atoms with Gasteiger partial charge in [0.15, 0.2) is 9.84 Å². The van der Waals surface area contributed by atoms with E-state index < -0.39 is 9.84 Å². The third kappa shape index (κ3) is 3.84. The maximum Gasteiger partial charge on any atom is 0.175 e. The molecule has 1 aromatic rings. The molecule has 0 aliphatic heterocycles. The lowest BCUT2D eigenvalue weighted by Gasteiger charge is -2.15. The van der Waals surface area contributed by atoms with E-state index in [1.54, 1.807) is 24.3 Å². The van der Waals surface area contributed by atoms with Crippen LogP contribution >= 0.6 is 0 Å². The lowest BCUT2D eigenvalue weighted by Crippen LogP contribution is -2.16. The van der Waals surface area contributed by atoms with Gasteiger partial charge in [-0.25, -0.2) is 8.42 Å². The van der Waals surface area contributed by atoms with E-state index in [0.717, 1.165) is 5.56 Å². The lowest BCUT2D eigenvalue weighted by atomic mass is 10.0. The molecule has 0 heterocycles. The monoisotopic (exact) mass is 252 g/mol. The highest BCUT2D eigenvalue weighted by Gasteiger charge is 2.11. The minimum atomic E-state index is -3.14. The van der Waals surface area contributed by atoms with Crippen LogP contribution in [0.1, 0.15) is 24.4 Å². The SMILES string of the molecule is CNC(CCC#N)c1ccc(S(C)(=O)=O)cc1. The van der Waals surface area contributed by atoms with Crippen LogP contribution in [0.15, 0.2) is 29.2 Å². The first-order valence-corrected chi connectivity index (χ1v) is 7.22. The van der Waals surface area contributed by atoms with Crippen LogP contribution in [0.4, 0.5) is 0 Å². The second-order valence-corrected chi connectivity index (χ2v) is 5.89. The van der Waals surface area contributed by atoms with E-state index in [9.17, 15) is 8.42 Å². The summed E-state index contributed by atoms with van der Waals surface area (Å²) in [5.41, 5.74) is 0.996. The van der Waals surface area contributed by atoms with Gasteiger partial charge in [0.25, 0.3) is 0 Å². The summed E-state index contributed by atoms with van der Waals surface area (Å²) in [4.78, 5) is 0.316. The van der Waals surface area contributed by atoms with Crippen molar-refractivity contribution in [1.82, 2.24) is 5.32 Å². The molecule has 0 aromatic heterocycles. The van der Waals surface area contributed by atoms with Crippen molar-refractivity contribution in [3.63, 3.8) is 0 Å². The Balaban J connectivity index is 2.90. The highest BCUT2D eigenvalue weighted by atomic mass is 32.2. The number of benzene rings is 1. The first-order chi connectivity index (χ1) is 7.99. The van der Waals surface area contributed by atoms with Crippen molar-refractivity contribution in [2.75, 3.05) is 13.3 Å². The zero-order valence-corrected chi connectivity index (χ0v) is 10.8. The van der Waals surface area contributed by atoms with Crippen molar-refractivity contribution in [3.8, 4) is 6.07 Å². The predicted octanol–water partition coefficient (Wildman–Crippen LogP) is 1.65. The number of nitrogens with zero attached hydrogens (tertiary/aromatic N) is 1. The van der Waals surface area contributed by atoms with Gasteiger partial charge in [-0.1, -0.05) is 12.1 Å². The standard InChI is InChI=1S/C12H16N2O2S/c1-14-12(4-3-9-13)10-5-7-11(8-6-10)17(2,15)16/h5-8,12,14H,3-4H2,1-2H3. The smallest absolute Gasteiger partial charge is 0.175 e. The first kappa shape index (κ1) is 13.7. The van der Waals surface area contributed by atoms with Gasteiger partial charge in [0.2, 0.25) is 0 Å². The second-order valence-electron chi connectivity index (χ2n) is 3.88. The molecule has 0 spiro atoms. The van der Waals surface area contributed by atoms with Gasteiger partial charge in [-0.05, 0) is 31.2 Å². The Bertz CT molecular complexity index is 500. The fraction of sp³-hybridized carbons (Fsp3) is 0.417. The molecule has 0 aliphatic carbocycles. The molecule has 1 rings (SSSR count). The Morgan fingerprint density at radius 3 is 2.35 bits per heavy atom. The van der Waals surface area contributed by atoms with Crippen LogP contribution in [-0.4, -0.2) is 21.7 Å². The third-order valence-corrected chi connectivity index (χ3v) is 3.73. The van der Waals surface area contributed by atoms with Gasteiger partial charge in [0.1, 0.15) is 0 Å². The topological polar surface area (TPSA) is 70.0 Å². The fourth-order valence-electron chi connectivity index (χ4n) is 1.63. The van der Waals surface area contributed by atoms with Crippen LogP contribution in [0.25, 0.3) is 0 Å². The molecular weight excluding hydrogens is 236 g/mol. The molecule has 0 aliphatic rings. The van der Waals surface area contributed by atoms with Crippen molar-refractivity contribution < 1.29 is 8.42 Å². The summed E-state index contributed by atoms with van der Waals surface area (Å²) in [5, 5.41) is 11.7. The Hall–Kier alpha value is -1.38. The molecule has 0 saturated carbocycles. The van der Waals surface area contributed by atoms with Gasteiger partial charge in [-0.2, -0.15) is 5.26 Å². The Morgan fingerprint density at radius 1 is 1.35 bits per heavy atom. The summed E-state index contributed by atoms with van der Waals surface area (Å²) in [5.74, 6) is 0. The minimum absolute atomic E-state index is 0.0864. The number of rotatable bonds is 5. The molecule has 1 atom stereocenters. The first-order valence-electron chi connectivity index (χ1n) is 5.33. The van der Waals surface area contributed by atoms with E-state index in [1.807, 2.05) is 7.05 Å². The molecule has 0 fully saturated rings. The van der Waals surface area contributed by atoms with E-state index in [-0.39, 0.29) is 6.04 Å². The Morgan fingerprint density at radius 2 is 1.94 bits per heavy atom. The largest absolute Gasteiger partial charge is 0.313 e. The third-order valence-electron chi connectivity index (χ3n) is 2.60. The minimum Gasteiger partial charge on any atom is -0.313 e. The molecule has 17 heavy (non-hydrogen) atoms. The van der Waals surface area contributed by atoms with E-state index in [0.29, 0.717) is 17.7 Å². The van der Waals surface area contributed by atoms with Gasteiger partial charge >= 0.3 is 0 Å². The van der Waals surface area contributed by atoms with Crippen molar-refractivity contribution in [2.45, 2.75) is 23.8 Å². The Labute approximate surface area is 102 Å². The van der Waals surface area contributed by atoms with Crippen LogP contribution < -0.4 is 5.32 Å². The molecule has 5 heteroatoms. The summed E-state index contributed by atoms with van der Waals surface area (Å²) in [6.07, 6.45) is 2.37. The molecule has 0 amide bonds. The molecule has 0 radical (unpaired) electrons. The zero-order chi connectivity index (χ0) is 12.9. The molecular formula is C12H16N2O2S. The highest BCUT2D eigenvalue weighted by Crippen LogP contribution is 2.19. The molecule has 4 nitrogen and oxygen atoms in total. The number of hydrogen-bond donors (Lipinski definition) is 1. The summed E-state index contributed by atoms with van der Waals surface area (Å²) in [6, 6.07) is 8.96. The number of nitrogens with one attached hydrogen (secondary N) is 1. The summed E-state index contributed by atoms with van der Waals surface area (Å²) in [7, 11) is -1.32. The molecule has 1 unspecified atom stereocenters. The van der Waals surface area contributed by atoms with E-state index in [4.69, 9.17) is 5.26 Å². The van der Waals surface area contributed by atoms with Crippen molar-refractivity contribution in [2.24, 2.45) is 0 Å². The van der Waals surface area contributed by atoms with E-state index in [2.05, 4.69) is 11.4 Å². The predicted molar refractivity (Wildman–Crippen MR) is 66.2 cm³/mol. The molecule has 1 aromatic carbocycles. The number of nitriles is 1. The highest BCUT2D eigenvalue weighted by molar-refractivity contribution is 7.90. The Kier molecular flexibility index (Phi) is 4.67. The van der Waals surface area contributed by atoms with Crippen LogP contribution in [0, 0.1) is 11.3 Å². The van der Waals surface area contributed by atoms with Gasteiger partial charge in [-0.15, -0.1) is 0 Å². The average molecular weight is 252 g/mol. The van der Waals surface area contributed by atoms with Gasteiger partial charge in [0, 0.05) is 18.7 Å². The lowest BCUT2D eigenvalue weighted by molar-refractivity contribution is 0.556. The summed E-state index contributed by atoms with van der Waals surface area (Å²) < 4.78 is 22.6. The maximum atomic E-state index is 11.3. The van der Waals surface area contributed by atoms with Crippen LogP contribution in [-0.2, 0) is 9.84 Å². The van der Waals surface area contributed by atoms with Gasteiger partial charge in [-0.3, -0.25) is 0 Å². The van der Waals surface area contributed by atoms with Crippen LogP contribution in [0.3, 0.4) is 0 Å². The van der Waals surface area contributed by atoms with Crippen molar-refractivity contribution >= 4 is 9.84 Å². The summed E-state index contributed by atoms with van der Waals surface area (Å²) in [6.45, 7) is 0. The zero-order valence-electron chi connectivity index (χ0n) is 9.97. The van der Waals surface area contributed by atoms with E-state index >= 15 is 0 Å². The number of hydrogen-bond acceptors (Lipinski definition) is 4. The van der Waals surface area contributed by atoms with E-state index in [1.165, 1.54) is 6.26 Å². The van der Waals surface area contributed by atoms with Crippen LogP contribution in [0.2, 0.25) is 0 Å². The van der Waals surface area contributed by atoms with Crippen molar-refractivity contribution in [3.05, 3.63) is 29.8 Å².